The van der Waals surface area contributed by atoms with E-state index in [1.165, 1.54) is 141 Å². The zero-order valence-corrected chi connectivity index (χ0v) is 44.3. The van der Waals surface area contributed by atoms with Gasteiger partial charge in [0.1, 0.15) is 12.6 Å². The van der Waals surface area contributed by atoms with Crippen molar-refractivity contribution in [3.63, 3.8) is 0 Å². The fraction of sp³-hybridized carbons (Fsp3) is 0.780. The molecule has 0 saturated heterocycles. The average Bonchev–Trinajstić information content (AvgIpc) is 3.29. The van der Waals surface area contributed by atoms with E-state index in [2.05, 4.69) is 74.6 Å². The molecule has 0 fully saturated rings. The molecule has 0 bridgehead atoms. The van der Waals surface area contributed by atoms with E-state index in [0.29, 0.717) is 12.8 Å². The molecule has 0 spiro atoms. The van der Waals surface area contributed by atoms with E-state index < -0.39 is 18.1 Å². The van der Waals surface area contributed by atoms with Crippen LogP contribution in [0.2, 0.25) is 0 Å². The third-order valence-electron chi connectivity index (χ3n) is 12.4. The van der Waals surface area contributed by atoms with Gasteiger partial charge in [-0.3, -0.25) is 9.59 Å². The molecule has 8 heteroatoms. The van der Waals surface area contributed by atoms with Crippen LogP contribution in [-0.4, -0.2) is 75.5 Å². The molecule has 0 aliphatic carbocycles. The van der Waals surface area contributed by atoms with Crippen LogP contribution in [0.5, 0.6) is 0 Å². The van der Waals surface area contributed by atoms with Gasteiger partial charge in [-0.2, -0.15) is 0 Å². The van der Waals surface area contributed by atoms with Gasteiger partial charge in [0.2, 0.25) is 0 Å². The van der Waals surface area contributed by atoms with Crippen molar-refractivity contribution in [1.29, 1.82) is 0 Å². The number of carboxylic acids is 1. The van der Waals surface area contributed by atoms with Crippen LogP contribution in [0.25, 0.3) is 0 Å². The van der Waals surface area contributed by atoms with E-state index in [1.807, 2.05) is 0 Å². The quantitative estimate of drug-likeness (QED) is 0.0259. The van der Waals surface area contributed by atoms with Crippen molar-refractivity contribution in [2.45, 2.75) is 257 Å². The maximum absolute atomic E-state index is 12.8. The van der Waals surface area contributed by atoms with Gasteiger partial charge >= 0.3 is 11.9 Å². The number of unbranched alkanes of at least 4 members (excludes halogenated alkanes) is 26. The molecule has 0 aromatic rings. The lowest BCUT2D eigenvalue weighted by molar-refractivity contribution is -0.889. The van der Waals surface area contributed by atoms with Crippen molar-refractivity contribution in [2.24, 2.45) is 0 Å². The number of carbonyl (C=O) groups is 3. The van der Waals surface area contributed by atoms with Gasteiger partial charge in [-0.05, 0) is 77.0 Å². The van der Waals surface area contributed by atoms with Crippen LogP contribution in [-0.2, 0) is 28.6 Å². The van der Waals surface area contributed by atoms with Crippen LogP contribution in [0.4, 0.5) is 0 Å². The average molecular weight is 940 g/mol. The van der Waals surface area contributed by atoms with Crippen LogP contribution in [0.15, 0.2) is 60.8 Å². The zero-order chi connectivity index (χ0) is 49.2. The van der Waals surface area contributed by atoms with Gasteiger partial charge in [0, 0.05) is 19.3 Å². The van der Waals surface area contributed by atoms with E-state index >= 15 is 0 Å². The molecule has 0 radical (unpaired) electrons. The molecule has 8 nitrogen and oxygen atoms in total. The van der Waals surface area contributed by atoms with Crippen molar-refractivity contribution in [3.8, 4) is 0 Å². The van der Waals surface area contributed by atoms with Gasteiger partial charge in [0.25, 0.3) is 0 Å². The SMILES string of the molecule is CC/C=C/C/C=C/C/C=C/CCCCCCCCCCCCCC(=O)OCC(COCCC(C(=O)[O-])[N+](C)(C)C)OC(=O)CCCCCCCCC/C=C/C/C=C/CCCCCCCCCC. The molecular weight excluding hydrogens is 835 g/mol. The Labute approximate surface area is 413 Å². The second-order valence-corrected chi connectivity index (χ2v) is 19.8. The predicted octanol–water partition coefficient (Wildman–Crippen LogP) is 15.1. The number of quaternary nitrogens is 1. The lowest BCUT2D eigenvalue weighted by atomic mass is 10.0. The fourth-order valence-electron chi connectivity index (χ4n) is 8.12. The lowest BCUT2D eigenvalue weighted by Gasteiger charge is -2.34. The molecule has 0 saturated carbocycles. The van der Waals surface area contributed by atoms with Crippen molar-refractivity contribution in [3.05, 3.63) is 60.8 Å². The number of ether oxygens (including phenoxy) is 3. The number of carboxylic acid groups (broad SMARTS) is 1. The molecule has 0 aromatic heterocycles. The lowest BCUT2D eigenvalue weighted by Crippen LogP contribution is -2.55. The molecule has 67 heavy (non-hydrogen) atoms. The zero-order valence-electron chi connectivity index (χ0n) is 44.3. The van der Waals surface area contributed by atoms with E-state index in [-0.39, 0.29) is 42.7 Å². The Hall–Kier alpha value is -2.97. The highest BCUT2D eigenvalue weighted by Crippen LogP contribution is 2.16. The minimum Gasteiger partial charge on any atom is -0.544 e. The molecule has 2 atom stereocenters. The molecule has 0 aromatic carbocycles. The number of rotatable bonds is 50. The molecule has 2 unspecified atom stereocenters. The third-order valence-corrected chi connectivity index (χ3v) is 12.4. The summed E-state index contributed by atoms with van der Waals surface area (Å²) in [5, 5.41) is 11.7. The summed E-state index contributed by atoms with van der Waals surface area (Å²) in [5.74, 6) is -1.74. The van der Waals surface area contributed by atoms with Gasteiger partial charge in [-0.1, -0.05) is 209 Å². The molecule has 0 N–H and O–H groups in total. The fourth-order valence-corrected chi connectivity index (χ4v) is 8.12. The number of aliphatic carboxylic acids is 1. The van der Waals surface area contributed by atoms with E-state index in [4.69, 9.17) is 14.2 Å². The Bertz CT molecular complexity index is 1280. The summed E-state index contributed by atoms with van der Waals surface area (Å²) in [5.41, 5.74) is 0. The molecule has 0 rings (SSSR count). The van der Waals surface area contributed by atoms with Gasteiger partial charge in [-0.25, -0.2) is 0 Å². The number of carbonyl (C=O) groups excluding carboxylic acids is 3. The molecule has 388 valence electrons. The predicted molar refractivity (Wildman–Crippen MR) is 282 cm³/mol. The largest absolute Gasteiger partial charge is 0.544 e. The number of esters is 2. The molecule has 0 aliphatic heterocycles. The van der Waals surface area contributed by atoms with Crippen molar-refractivity contribution >= 4 is 17.9 Å². The summed E-state index contributed by atoms with van der Waals surface area (Å²) >= 11 is 0. The smallest absolute Gasteiger partial charge is 0.306 e. The summed E-state index contributed by atoms with van der Waals surface area (Å²) in [4.78, 5) is 37.1. The topological polar surface area (TPSA) is 102 Å². The van der Waals surface area contributed by atoms with Gasteiger partial charge in [0.15, 0.2) is 6.10 Å². The maximum Gasteiger partial charge on any atom is 0.306 e. The first-order chi connectivity index (χ1) is 32.6. The maximum atomic E-state index is 12.8. The van der Waals surface area contributed by atoms with Crippen LogP contribution >= 0.6 is 0 Å². The van der Waals surface area contributed by atoms with E-state index in [0.717, 1.165) is 70.6 Å². The Balaban J connectivity index is 4.21. The minimum absolute atomic E-state index is 0.0360. The second-order valence-electron chi connectivity index (χ2n) is 19.8. The van der Waals surface area contributed by atoms with E-state index in [1.54, 1.807) is 21.1 Å². The number of hydrogen-bond donors (Lipinski definition) is 0. The van der Waals surface area contributed by atoms with Crippen molar-refractivity contribution in [1.82, 2.24) is 0 Å². The molecular formula is C59H105NO7. The monoisotopic (exact) mass is 940 g/mol. The Morgan fingerprint density at radius 2 is 0.836 bits per heavy atom. The van der Waals surface area contributed by atoms with Crippen LogP contribution in [0.3, 0.4) is 0 Å². The number of nitrogens with zero attached hydrogens (tertiary/aromatic N) is 1. The van der Waals surface area contributed by atoms with Gasteiger partial charge in [-0.15, -0.1) is 0 Å². The highest BCUT2D eigenvalue weighted by Gasteiger charge is 2.25. The summed E-state index contributed by atoms with van der Waals surface area (Å²) in [6.07, 6.45) is 62.6. The third kappa shape index (κ3) is 47.9. The Morgan fingerprint density at radius 1 is 0.463 bits per heavy atom. The summed E-state index contributed by atoms with van der Waals surface area (Å²) in [6, 6.07) is -0.730. The van der Waals surface area contributed by atoms with Crippen molar-refractivity contribution in [2.75, 3.05) is 41.0 Å². The first-order valence-corrected chi connectivity index (χ1v) is 27.8. The number of likely N-dealkylation sites (N-methyl/N-ethyl adjacent to an activating group) is 1. The number of hydrogen-bond acceptors (Lipinski definition) is 7. The Morgan fingerprint density at radius 3 is 1.24 bits per heavy atom. The van der Waals surface area contributed by atoms with E-state index in [9.17, 15) is 19.5 Å². The first-order valence-electron chi connectivity index (χ1n) is 27.8. The number of allylic oxidation sites excluding steroid dienone is 10. The van der Waals surface area contributed by atoms with Crippen LogP contribution < -0.4 is 5.11 Å². The normalized spacial score (nSPS) is 13.3. The van der Waals surface area contributed by atoms with Crippen LogP contribution in [0.1, 0.15) is 245 Å². The first kappa shape index (κ1) is 64.0. The Kier molecular flexibility index (Phi) is 47.3. The van der Waals surface area contributed by atoms with Crippen LogP contribution in [0, 0.1) is 0 Å². The summed E-state index contributed by atoms with van der Waals surface area (Å²) < 4.78 is 17.3. The second kappa shape index (κ2) is 49.5. The van der Waals surface area contributed by atoms with Gasteiger partial charge in [0.05, 0.1) is 40.3 Å². The highest BCUT2D eigenvalue weighted by molar-refractivity contribution is 5.70. The standard InChI is InChI=1S/C59H105NO7/c1-6-8-10-12-14-16-18-20-22-24-26-28-30-32-34-36-38-40-42-44-46-48-50-58(62)67-55(53-65-52-51-56(59(63)64)60(3,4)5)54-66-57(61)49-47-45-43-41-39-37-35-33-31-29-27-25-23-21-19-17-15-13-11-9-7-2/h9,11,15,17,21,23-24,26,30,32,55-56H,6-8,10,12-14,16,18-20,22,25,27-29,31,33-54H2,1-5H3/b11-9+,17-15+,23-21+,26-24+,32-30+. The van der Waals surface area contributed by atoms with Crippen molar-refractivity contribution < 1.29 is 38.2 Å². The van der Waals surface area contributed by atoms with Gasteiger partial charge < -0.3 is 28.6 Å². The molecule has 0 heterocycles. The highest BCUT2D eigenvalue weighted by atomic mass is 16.6. The minimum atomic E-state index is -1.13. The summed E-state index contributed by atoms with van der Waals surface area (Å²) in [6.45, 7) is 4.57. The molecule has 0 amide bonds. The molecule has 0 aliphatic rings. The summed E-state index contributed by atoms with van der Waals surface area (Å²) in [7, 11) is 5.42.